The maximum Gasteiger partial charge on any atom is 0.417 e. The lowest BCUT2D eigenvalue weighted by Crippen LogP contribution is -2.55. The molecule has 1 fully saturated rings. The molecule has 1 heterocycles. The molecule has 1 atom stereocenters. The van der Waals surface area contributed by atoms with Crippen molar-refractivity contribution >= 4 is 5.91 Å². The Labute approximate surface area is 131 Å². The molecule has 1 aromatic rings. The average Bonchev–Trinajstić information content (AvgIpc) is 2.49. The summed E-state index contributed by atoms with van der Waals surface area (Å²) in [7, 11) is 0. The lowest BCUT2D eigenvalue weighted by atomic mass is 9.89. The van der Waals surface area contributed by atoms with Gasteiger partial charge in [0.25, 0.3) is 0 Å². The number of primary amides is 1. The molecule has 5 nitrogen and oxygen atoms in total. The third kappa shape index (κ3) is 3.46. The summed E-state index contributed by atoms with van der Waals surface area (Å²) < 4.78 is 38.5. The normalized spacial score (nSPS) is 19.8. The molecular weight excluding hydrogens is 311 g/mol. The van der Waals surface area contributed by atoms with Gasteiger partial charge < -0.3 is 10.8 Å². The molecule has 0 saturated carbocycles. The Morgan fingerprint density at radius 1 is 1.30 bits per heavy atom. The highest BCUT2D eigenvalue weighted by atomic mass is 19.4. The molecule has 124 valence electrons. The number of nitrogens with two attached hydrogens (primary N) is 1. The van der Waals surface area contributed by atoms with Gasteiger partial charge in [-0.3, -0.25) is 9.69 Å². The first-order chi connectivity index (χ1) is 10.7. The summed E-state index contributed by atoms with van der Waals surface area (Å²) in [6.45, 7) is -0.215. The van der Waals surface area contributed by atoms with Crippen LogP contribution in [-0.4, -0.2) is 40.8 Å². The first kappa shape index (κ1) is 17.2. The monoisotopic (exact) mass is 327 g/mol. The predicted octanol–water partition coefficient (Wildman–Crippen LogP) is 1.47. The summed E-state index contributed by atoms with van der Waals surface area (Å²) in [5, 5.41) is 18.5. The minimum atomic E-state index is -4.70. The van der Waals surface area contributed by atoms with Crippen LogP contribution in [0.25, 0.3) is 0 Å². The first-order valence-electron chi connectivity index (χ1n) is 7.00. The summed E-state index contributed by atoms with van der Waals surface area (Å²) in [5.74, 6) is -0.688. The maximum atomic E-state index is 12.8. The van der Waals surface area contributed by atoms with Crippen molar-refractivity contribution in [3.05, 3.63) is 35.4 Å². The fourth-order valence-electron chi connectivity index (χ4n) is 2.73. The largest absolute Gasteiger partial charge is 0.417 e. The topological polar surface area (TPSA) is 90.3 Å². The number of amides is 1. The molecular formula is C15H16F3N3O2. The third-order valence-corrected chi connectivity index (χ3v) is 4.14. The standard InChI is InChI=1S/C15H16F3N3O2/c16-15(17,18)14(23)5-7-21(8-6-14)12(13(20)22)11-3-1-10(9-19)2-4-11/h1-4,12,23H,5-8H2,(H2,20,22). The molecule has 1 amide bonds. The number of aliphatic hydroxyl groups is 1. The van der Waals surface area contributed by atoms with Crippen LogP contribution in [0.1, 0.15) is 30.0 Å². The third-order valence-electron chi connectivity index (χ3n) is 4.14. The first-order valence-corrected chi connectivity index (χ1v) is 7.00. The Kier molecular flexibility index (Phi) is 4.63. The van der Waals surface area contributed by atoms with Crippen molar-refractivity contribution in [2.75, 3.05) is 13.1 Å². The number of piperidine rings is 1. The highest BCUT2D eigenvalue weighted by Crippen LogP contribution is 2.40. The van der Waals surface area contributed by atoms with Crippen LogP contribution >= 0.6 is 0 Å². The van der Waals surface area contributed by atoms with Crippen molar-refractivity contribution in [1.82, 2.24) is 4.90 Å². The highest BCUT2D eigenvalue weighted by Gasteiger charge is 2.55. The highest BCUT2D eigenvalue weighted by molar-refractivity contribution is 5.81. The summed E-state index contributed by atoms with van der Waals surface area (Å²) in [4.78, 5) is 13.3. The summed E-state index contributed by atoms with van der Waals surface area (Å²) >= 11 is 0. The number of benzene rings is 1. The molecule has 1 aromatic carbocycles. The van der Waals surface area contributed by atoms with Crippen LogP contribution in [0.3, 0.4) is 0 Å². The van der Waals surface area contributed by atoms with Crippen LogP contribution < -0.4 is 5.73 Å². The molecule has 23 heavy (non-hydrogen) atoms. The van der Waals surface area contributed by atoms with Crippen LogP contribution in [-0.2, 0) is 4.79 Å². The molecule has 0 aliphatic carbocycles. The van der Waals surface area contributed by atoms with E-state index in [0.29, 0.717) is 11.1 Å². The number of carbonyl (C=O) groups is 1. The molecule has 1 unspecified atom stereocenters. The molecule has 1 aliphatic heterocycles. The van der Waals surface area contributed by atoms with Crippen molar-refractivity contribution in [3.63, 3.8) is 0 Å². The van der Waals surface area contributed by atoms with E-state index in [2.05, 4.69) is 0 Å². The van der Waals surface area contributed by atoms with E-state index in [1.165, 1.54) is 17.0 Å². The minimum Gasteiger partial charge on any atom is -0.380 e. The minimum absolute atomic E-state index is 0.108. The van der Waals surface area contributed by atoms with Gasteiger partial charge in [-0.2, -0.15) is 18.4 Å². The Hall–Kier alpha value is -2.11. The van der Waals surface area contributed by atoms with E-state index in [1.807, 2.05) is 6.07 Å². The fraction of sp³-hybridized carbons (Fsp3) is 0.467. The molecule has 1 aliphatic rings. The number of hydrogen-bond donors (Lipinski definition) is 2. The van der Waals surface area contributed by atoms with E-state index >= 15 is 0 Å². The quantitative estimate of drug-likeness (QED) is 0.880. The van der Waals surface area contributed by atoms with E-state index in [4.69, 9.17) is 11.0 Å². The van der Waals surface area contributed by atoms with Gasteiger partial charge in [0.2, 0.25) is 5.91 Å². The molecule has 0 bridgehead atoms. The Morgan fingerprint density at radius 2 is 1.83 bits per heavy atom. The van der Waals surface area contributed by atoms with Crippen LogP contribution in [0, 0.1) is 11.3 Å². The van der Waals surface area contributed by atoms with Gasteiger partial charge in [-0.1, -0.05) is 12.1 Å². The van der Waals surface area contributed by atoms with Gasteiger partial charge >= 0.3 is 6.18 Å². The van der Waals surface area contributed by atoms with Crippen molar-refractivity contribution in [3.8, 4) is 6.07 Å². The molecule has 2 rings (SSSR count). The second kappa shape index (κ2) is 6.18. The maximum absolute atomic E-state index is 12.8. The van der Waals surface area contributed by atoms with Gasteiger partial charge in [-0.25, -0.2) is 0 Å². The molecule has 0 aromatic heterocycles. The fourth-order valence-corrected chi connectivity index (χ4v) is 2.73. The van der Waals surface area contributed by atoms with Crippen molar-refractivity contribution in [2.45, 2.75) is 30.7 Å². The van der Waals surface area contributed by atoms with E-state index < -0.39 is 36.6 Å². The van der Waals surface area contributed by atoms with Gasteiger partial charge in [0.15, 0.2) is 5.60 Å². The van der Waals surface area contributed by atoms with Crippen LogP contribution in [0.15, 0.2) is 24.3 Å². The number of nitriles is 1. The molecule has 3 N–H and O–H groups in total. The SMILES string of the molecule is N#Cc1ccc(C(C(N)=O)N2CCC(O)(C(F)(F)F)CC2)cc1. The zero-order chi connectivity index (χ0) is 17.3. The number of nitrogens with zero attached hydrogens (tertiary/aromatic N) is 2. The van der Waals surface area contributed by atoms with E-state index in [-0.39, 0.29) is 13.1 Å². The van der Waals surface area contributed by atoms with Crippen LogP contribution in [0.4, 0.5) is 13.2 Å². The van der Waals surface area contributed by atoms with Gasteiger partial charge in [0.05, 0.1) is 11.6 Å². The molecule has 1 saturated heterocycles. The average molecular weight is 327 g/mol. The predicted molar refractivity (Wildman–Crippen MR) is 74.9 cm³/mol. The Bertz CT molecular complexity index is 614. The summed E-state index contributed by atoms with van der Waals surface area (Å²) in [6.07, 6.45) is -5.73. The number of alkyl halides is 3. The van der Waals surface area contributed by atoms with E-state index in [0.717, 1.165) is 0 Å². The van der Waals surface area contributed by atoms with Crippen LogP contribution in [0.5, 0.6) is 0 Å². The number of carbonyl (C=O) groups excluding carboxylic acids is 1. The van der Waals surface area contributed by atoms with Gasteiger partial charge in [-0.05, 0) is 30.5 Å². The second-order valence-electron chi connectivity index (χ2n) is 5.60. The summed E-state index contributed by atoms with van der Waals surface area (Å²) in [5.41, 5.74) is 3.58. The molecule has 8 heteroatoms. The van der Waals surface area contributed by atoms with Crippen LogP contribution in [0.2, 0.25) is 0 Å². The Morgan fingerprint density at radius 3 is 2.22 bits per heavy atom. The molecule has 0 radical (unpaired) electrons. The smallest absolute Gasteiger partial charge is 0.380 e. The second-order valence-corrected chi connectivity index (χ2v) is 5.60. The van der Waals surface area contributed by atoms with Gasteiger partial charge in [-0.15, -0.1) is 0 Å². The van der Waals surface area contributed by atoms with Gasteiger partial charge in [0, 0.05) is 13.1 Å². The lowest BCUT2D eigenvalue weighted by Gasteiger charge is -2.41. The number of hydrogen-bond acceptors (Lipinski definition) is 4. The van der Waals surface area contributed by atoms with Crippen molar-refractivity contribution < 1.29 is 23.1 Å². The van der Waals surface area contributed by atoms with E-state index in [1.54, 1.807) is 12.1 Å². The number of likely N-dealkylation sites (tertiary alicyclic amines) is 1. The Balaban J connectivity index is 2.18. The zero-order valence-electron chi connectivity index (χ0n) is 12.2. The summed E-state index contributed by atoms with van der Waals surface area (Å²) in [6, 6.07) is 7.19. The number of halogens is 3. The van der Waals surface area contributed by atoms with E-state index in [9.17, 15) is 23.1 Å². The van der Waals surface area contributed by atoms with Crippen molar-refractivity contribution in [2.24, 2.45) is 5.73 Å². The number of rotatable bonds is 3. The van der Waals surface area contributed by atoms with Crippen molar-refractivity contribution in [1.29, 1.82) is 5.26 Å². The zero-order valence-corrected chi connectivity index (χ0v) is 12.2. The lowest BCUT2D eigenvalue weighted by molar-refractivity contribution is -0.273. The molecule has 0 spiro atoms. The van der Waals surface area contributed by atoms with Gasteiger partial charge in [0.1, 0.15) is 6.04 Å².